The number of fused-ring (bicyclic) bond motifs is 1. The van der Waals surface area contributed by atoms with Gasteiger partial charge in [-0.3, -0.25) is 4.79 Å². The molecular weight excluding hydrogens is 276 g/mol. The number of ether oxygens (including phenoxy) is 1. The number of hydrogen-bond donors (Lipinski definition) is 0. The number of rotatable bonds is 2. The highest BCUT2D eigenvalue weighted by molar-refractivity contribution is 5.98. The number of pyridine rings is 1. The molecule has 2 aromatic carbocycles. The minimum Gasteiger partial charge on any atom is -0.497 e. The maximum atomic E-state index is 12.5. The Labute approximate surface area is 127 Å². The van der Waals surface area contributed by atoms with Crippen LogP contribution < -0.4 is 10.3 Å². The number of hydrogen-bond acceptors (Lipinski definition) is 3. The van der Waals surface area contributed by atoms with E-state index < -0.39 is 0 Å². The van der Waals surface area contributed by atoms with Crippen molar-refractivity contribution in [1.29, 1.82) is 5.26 Å². The van der Waals surface area contributed by atoms with Gasteiger partial charge in [-0.05, 0) is 29.1 Å². The van der Waals surface area contributed by atoms with Crippen molar-refractivity contribution >= 4 is 10.8 Å². The van der Waals surface area contributed by atoms with Crippen LogP contribution in [0.15, 0.2) is 53.3 Å². The maximum Gasteiger partial charge on any atom is 0.259 e. The van der Waals surface area contributed by atoms with E-state index in [9.17, 15) is 10.1 Å². The van der Waals surface area contributed by atoms with Gasteiger partial charge < -0.3 is 9.30 Å². The Kier molecular flexibility index (Phi) is 3.40. The SMILES string of the molecule is COc1ccc2c(-c3ccccc3)c(C#N)n(C)c(=O)c2c1. The molecule has 0 N–H and O–H groups in total. The lowest BCUT2D eigenvalue weighted by molar-refractivity contribution is 0.415. The standard InChI is InChI=1S/C18H14N2O2/c1-20-16(11-19)17(12-6-4-3-5-7-12)14-9-8-13(22-2)10-15(14)18(20)21/h3-10H,1-2H3. The molecule has 0 atom stereocenters. The lowest BCUT2D eigenvalue weighted by atomic mass is 9.97. The Bertz CT molecular complexity index is 951. The van der Waals surface area contributed by atoms with Crippen LogP contribution in [-0.2, 0) is 7.05 Å². The van der Waals surface area contributed by atoms with E-state index in [1.807, 2.05) is 36.4 Å². The quantitative estimate of drug-likeness (QED) is 0.728. The predicted molar refractivity (Wildman–Crippen MR) is 85.9 cm³/mol. The van der Waals surface area contributed by atoms with Crippen LogP contribution in [0.25, 0.3) is 21.9 Å². The minimum absolute atomic E-state index is 0.204. The zero-order valence-electron chi connectivity index (χ0n) is 12.3. The molecule has 0 spiro atoms. The molecule has 0 unspecified atom stereocenters. The van der Waals surface area contributed by atoms with E-state index >= 15 is 0 Å². The molecule has 0 aliphatic carbocycles. The molecule has 108 valence electrons. The molecule has 0 aliphatic rings. The van der Waals surface area contributed by atoms with Crippen LogP contribution in [0.2, 0.25) is 0 Å². The normalized spacial score (nSPS) is 10.4. The average Bonchev–Trinajstić information content (AvgIpc) is 2.58. The van der Waals surface area contributed by atoms with Gasteiger partial charge in [-0.1, -0.05) is 30.3 Å². The van der Waals surface area contributed by atoms with Gasteiger partial charge in [0.25, 0.3) is 5.56 Å². The van der Waals surface area contributed by atoms with E-state index in [1.165, 1.54) is 4.57 Å². The monoisotopic (exact) mass is 290 g/mol. The van der Waals surface area contributed by atoms with E-state index in [0.717, 1.165) is 16.5 Å². The van der Waals surface area contributed by atoms with Gasteiger partial charge in [-0.25, -0.2) is 0 Å². The summed E-state index contributed by atoms with van der Waals surface area (Å²) in [5.41, 5.74) is 1.83. The Morgan fingerprint density at radius 1 is 1.09 bits per heavy atom. The molecule has 3 rings (SSSR count). The van der Waals surface area contributed by atoms with Crippen molar-refractivity contribution in [2.24, 2.45) is 7.05 Å². The summed E-state index contributed by atoms with van der Waals surface area (Å²) in [6.07, 6.45) is 0. The first-order valence-electron chi connectivity index (χ1n) is 6.83. The fraction of sp³-hybridized carbons (Fsp3) is 0.111. The van der Waals surface area contributed by atoms with Crippen LogP contribution in [0.4, 0.5) is 0 Å². The third-order valence-corrected chi connectivity index (χ3v) is 3.77. The van der Waals surface area contributed by atoms with E-state index in [1.54, 1.807) is 26.3 Å². The number of benzene rings is 2. The summed E-state index contributed by atoms with van der Waals surface area (Å²) in [5, 5.41) is 10.8. The predicted octanol–water partition coefficient (Wildman–Crippen LogP) is 3.09. The number of aromatic nitrogens is 1. The van der Waals surface area contributed by atoms with Crippen LogP contribution in [0, 0.1) is 11.3 Å². The van der Waals surface area contributed by atoms with Crippen molar-refractivity contribution in [3.8, 4) is 22.9 Å². The average molecular weight is 290 g/mol. The summed E-state index contributed by atoms with van der Waals surface area (Å²) in [4.78, 5) is 12.5. The van der Waals surface area contributed by atoms with Crippen molar-refractivity contribution in [2.75, 3.05) is 7.11 Å². The lowest BCUT2D eigenvalue weighted by Gasteiger charge is -2.13. The van der Waals surface area contributed by atoms with Crippen LogP contribution in [0.1, 0.15) is 5.69 Å². The van der Waals surface area contributed by atoms with Crippen molar-refractivity contribution in [3.05, 3.63) is 64.6 Å². The summed E-state index contributed by atoms with van der Waals surface area (Å²) in [5.74, 6) is 0.619. The van der Waals surface area contributed by atoms with Crippen LogP contribution >= 0.6 is 0 Å². The highest BCUT2D eigenvalue weighted by Gasteiger charge is 2.16. The Balaban J connectivity index is 2.52. The minimum atomic E-state index is -0.204. The first-order valence-corrected chi connectivity index (χ1v) is 6.83. The number of nitriles is 1. The molecule has 0 radical (unpaired) electrons. The van der Waals surface area contributed by atoms with Crippen LogP contribution in [-0.4, -0.2) is 11.7 Å². The maximum absolute atomic E-state index is 12.5. The van der Waals surface area contributed by atoms with Crippen molar-refractivity contribution in [2.45, 2.75) is 0 Å². The fourth-order valence-electron chi connectivity index (χ4n) is 2.65. The summed E-state index contributed by atoms with van der Waals surface area (Å²) in [6, 6.07) is 17.1. The largest absolute Gasteiger partial charge is 0.497 e. The van der Waals surface area contributed by atoms with Crippen LogP contribution in [0.3, 0.4) is 0 Å². The van der Waals surface area contributed by atoms with Crippen molar-refractivity contribution < 1.29 is 4.74 Å². The van der Waals surface area contributed by atoms with Gasteiger partial charge in [0.15, 0.2) is 0 Å². The summed E-state index contributed by atoms with van der Waals surface area (Å²) >= 11 is 0. The lowest BCUT2D eigenvalue weighted by Crippen LogP contribution is -2.20. The summed E-state index contributed by atoms with van der Waals surface area (Å²) in [7, 11) is 3.18. The van der Waals surface area contributed by atoms with Gasteiger partial charge >= 0.3 is 0 Å². The van der Waals surface area contributed by atoms with Gasteiger partial charge in [0, 0.05) is 12.6 Å². The second-order valence-corrected chi connectivity index (χ2v) is 4.98. The molecule has 0 bridgehead atoms. The second-order valence-electron chi connectivity index (χ2n) is 4.98. The molecule has 0 aliphatic heterocycles. The Hall–Kier alpha value is -3.06. The smallest absolute Gasteiger partial charge is 0.259 e. The molecular formula is C18H14N2O2. The van der Waals surface area contributed by atoms with Gasteiger partial charge in [-0.2, -0.15) is 5.26 Å². The van der Waals surface area contributed by atoms with Gasteiger partial charge in [0.05, 0.1) is 12.5 Å². The molecule has 4 nitrogen and oxygen atoms in total. The second kappa shape index (κ2) is 5.38. The molecule has 0 saturated heterocycles. The number of methoxy groups -OCH3 is 1. The Morgan fingerprint density at radius 3 is 2.45 bits per heavy atom. The van der Waals surface area contributed by atoms with E-state index in [-0.39, 0.29) is 5.56 Å². The van der Waals surface area contributed by atoms with Crippen molar-refractivity contribution in [1.82, 2.24) is 4.57 Å². The fourth-order valence-corrected chi connectivity index (χ4v) is 2.65. The molecule has 1 aromatic heterocycles. The molecule has 0 amide bonds. The van der Waals surface area contributed by atoms with Gasteiger partial charge in [0.2, 0.25) is 0 Å². The first kappa shape index (κ1) is 13.9. The van der Waals surface area contributed by atoms with E-state index in [2.05, 4.69) is 6.07 Å². The zero-order chi connectivity index (χ0) is 15.7. The summed E-state index contributed by atoms with van der Waals surface area (Å²) < 4.78 is 6.60. The van der Waals surface area contributed by atoms with E-state index in [4.69, 9.17) is 4.74 Å². The zero-order valence-corrected chi connectivity index (χ0v) is 12.3. The molecule has 1 heterocycles. The molecule has 4 heteroatoms. The van der Waals surface area contributed by atoms with Crippen molar-refractivity contribution in [3.63, 3.8) is 0 Å². The number of nitrogens with zero attached hydrogens (tertiary/aromatic N) is 2. The highest BCUT2D eigenvalue weighted by atomic mass is 16.5. The third kappa shape index (κ3) is 2.04. The van der Waals surface area contributed by atoms with Crippen LogP contribution in [0.5, 0.6) is 5.75 Å². The van der Waals surface area contributed by atoms with Gasteiger partial charge in [-0.15, -0.1) is 0 Å². The molecule has 0 fully saturated rings. The Morgan fingerprint density at radius 2 is 1.82 bits per heavy atom. The van der Waals surface area contributed by atoms with Gasteiger partial charge in [0.1, 0.15) is 17.5 Å². The summed E-state index contributed by atoms with van der Waals surface area (Å²) in [6.45, 7) is 0. The molecule has 0 saturated carbocycles. The first-order chi connectivity index (χ1) is 10.7. The molecule has 3 aromatic rings. The van der Waals surface area contributed by atoms with E-state index in [0.29, 0.717) is 16.8 Å². The molecule has 22 heavy (non-hydrogen) atoms. The third-order valence-electron chi connectivity index (χ3n) is 3.77. The topological polar surface area (TPSA) is 55.0 Å². The highest BCUT2D eigenvalue weighted by Crippen LogP contribution is 2.31.